The van der Waals surface area contributed by atoms with Gasteiger partial charge in [0, 0.05) is 16.6 Å². The minimum absolute atomic E-state index is 0.0461. The van der Waals surface area contributed by atoms with Crippen LogP contribution in [-0.4, -0.2) is 52.6 Å². The molecule has 4 aliphatic rings. The molecule has 2 atom stereocenters. The van der Waals surface area contributed by atoms with Crippen LogP contribution in [0.2, 0.25) is 10.0 Å². The van der Waals surface area contributed by atoms with Crippen LogP contribution >= 0.6 is 23.2 Å². The summed E-state index contributed by atoms with van der Waals surface area (Å²) in [6, 6.07) is 8.59. The van der Waals surface area contributed by atoms with Crippen LogP contribution in [0.25, 0.3) is 0 Å². The summed E-state index contributed by atoms with van der Waals surface area (Å²) in [5.41, 5.74) is -1.15. The number of fused-ring (bicyclic) bond motifs is 4. The van der Waals surface area contributed by atoms with Gasteiger partial charge >= 0.3 is 0 Å². The third kappa shape index (κ3) is 5.12. The van der Waals surface area contributed by atoms with Gasteiger partial charge in [-0.25, -0.2) is 4.39 Å². The molecular formula is C26H25Cl2FN2O6. The highest BCUT2D eigenvalue weighted by atomic mass is 35.5. The smallest absolute Gasteiger partial charge is 0.261 e. The molecule has 6 rings (SSSR count). The van der Waals surface area contributed by atoms with Crippen molar-refractivity contribution in [3.8, 4) is 11.5 Å². The lowest BCUT2D eigenvalue weighted by molar-refractivity contribution is -0.139. The molecule has 37 heavy (non-hydrogen) atoms. The highest BCUT2D eigenvalue weighted by molar-refractivity contribution is 6.31. The Bertz CT molecular complexity index is 1260. The van der Waals surface area contributed by atoms with Gasteiger partial charge in [-0.3, -0.25) is 14.4 Å². The average molecular weight is 551 g/mol. The van der Waals surface area contributed by atoms with E-state index in [2.05, 4.69) is 10.6 Å². The van der Waals surface area contributed by atoms with E-state index in [1.807, 2.05) is 0 Å². The van der Waals surface area contributed by atoms with Gasteiger partial charge in [-0.15, -0.1) is 0 Å². The first-order valence-electron chi connectivity index (χ1n) is 12.0. The molecule has 3 aliphatic carbocycles. The Morgan fingerprint density at radius 1 is 1.11 bits per heavy atom. The van der Waals surface area contributed by atoms with Crippen molar-refractivity contribution in [1.29, 1.82) is 0 Å². The van der Waals surface area contributed by atoms with E-state index < -0.39 is 40.9 Å². The number of ether oxygens (including phenoxy) is 2. The number of ketones is 1. The number of hydrogen-bond acceptors (Lipinski definition) is 6. The third-order valence-electron chi connectivity index (χ3n) is 7.53. The number of halogens is 3. The molecule has 0 aromatic heterocycles. The number of carbonyl (C=O) groups excluding carboxylic acids is 3. The predicted molar refractivity (Wildman–Crippen MR) is 133 cm³/mol. The fourth-order valence-electron chi connectivity index (χ4n) is 5.48. The van der Waals surface area contributed by atoms with Gasteiger partial charge in [0.1, 0.15) is 17.3 Å². The lowest BCUT2D eigenvalue weighted by Gasteiger charge is -2.56. The molecule has 3 fully saturated rings. The van der Waals surface area contributed by atoms with Gasteiger partial charge in [-0.05, 0) is 62.4 Å². The van der Waals surface area contributed by atoms with Crippen LogP contribution in [0.15, 0.2) is 36.4 Å². The van der Waals surface area contributed by atoms with Gasteiger partial charge in [0.15, 0.2) is 18.5 Å². The Kier molecular flexibility index (Phi) is 6.81. The van der Waals surface area contributed by atoms with Crippen molar-refractivity contribution < 1.29 is 33.4 Å². The third-order valence-corrected chi connectivity index (χ3v) is 8.08. The molecule has 1 heterocycles. The fourth-order valence-corrected chi connectivity index (χ4v) is 5.76. The monoisotopic (exact) mass is 550 g/mol. The second kappa shape index (κ2) is 9.78. The molecule has 196 valence electrons. The van der Waals surface area contributed by atoms with E-state index in [9.17, 15) is 23.9 Å². The van der Waals surface area contributed by atoms with E-state index >= 15 is 0 Å². The Hall–Kier alpha value is -2.88. The Balaban J connectivity index is 1.17. The number of nitrogens with one attached hydrogen (secondary N) is 2. The van der Waals surface area contributed by atoms with Crippen molar-refractivity contribution in [2.75, 3.05) is 6.61 Å². The summed E-state index contributed by atoms with van der Waals surface area (Å²) in [5.74, 6) is -1.25. The number of aliphatic hydroxyl groups is 1. The zero-order valence-corrected chi connectivity index (χ0v) is 21.2. The van der Waals surface area contributed by atoms with E-state index in [0.717, 1.165) is 6.07 Å². The fraction of sp³-hybridized carbons (Fsp3) is 0.423. The Morgan fingerprint density at radius 3 is 2.57 bits per heavy atom. The van der Waals surface area contributed by atoms with Crippen LogP contribution in [0.4, 0.5) is 4.39 Å². The maximum Gasteiger partial charge on any atom is 0.261 e. The van der Waals surface area contributed by atoms with Gasteiger partial charge in [0.25, 0.3) is 11.8 Å². The summed E-state index contributed by atoms with van der Waals surface area (Å²) in [5, 5.41) is 17.3. The molecule has 8 nitrogen and oxygen atoms in total. The summed E-state index contributed by atoms with van der Waals surface area (Å²) in [4.78, 5) is 38.2. The van der Waals surface area contributed by atoms with Gasteiger partial charge in [0.2, 0.25) is 0 Å². The summed E-state index contributed by atoms with van der Waals surface area (Å²) in [6.07, 6.45) is 0.228. The first-order chi connectivity index (χ1) is 17.6. The number of hydrogen-bond donors (Lipinski definition) is 3. The normalized spacial score (nSPS) is 28.2. The topological polar surface area (TPSA) is 114 Å². The van der Waals surface area contributed by atoms with E-state index in [1.54, 1.807) is 12.1 Å². The van der Waals surface area contributed by atoms with Crippen molar-refractivity contribution >= 4 is 40.8 Å². The SMILES string of the molecule is O=C(COc1ccc(Cl)c(F)c1)NC12CCC(NC(=O)C3CC(=O)c4cc(Cl)ccc4O3)(CC1)C[C@@H]2O. The van der Waals surface area contributed by atoms with Crippen LogP contribution in [0.3, 0.4) is 0 Å². The largest absolute Gasteiger partial charge is 0.484 e. The van der Waals surface area contributed by atoms with Gasteiger partial charge < -0.3 is 25.2 Å². The molecule has 0 radical (unpaired) electrons. The van der Waals surface area contributed by atoms with Crippen molar-refractivity contribution in [3.63, 3.8) is 0 Å². The standard InChI is InChI=1S/C26H25Cl2FN2O6/c27-14-1-4-20-16(9-14)19(32)11-21(37-20)24(35)31-25-5-7-26(8-6-25,22(33)12-25)30-23(34)13-36-15-2-3-17(28)18(29)10-15/h1-4,9-10,21-22,33H,5-8,11-13H2,(H,30,34)(H,31,35)/t21?,22-,25?,26?/m0/s1. The zero-order valence-electron chi connectivity index (χ0n) is 19.7. The van der Waals surface area contributed by atoms with E-state index in [-0.39, 0.29) is 36.0 Å². The number of amides is 2. The molecule has 11 heteroatoms. The molecule has 0 saturated heterocycles. The number of aliphatic hydroxyl groups excluding tert-OH is 1. The van der Waals surface area contributed by atoms with Crippen LogP contribution in [0, 0.1) is 5.82 Å². The summed E-state index contributed by atoms with van der Waals surface area (Å²) < 4.78 is 24.7. The lowest BCUT2D eigenvalue weighted by Crippen LogP contribution is -2.71. The Morgan fingerprint density at radius 2 is 1.86 bits per heavy atom. The molecule has 2 amide bonds. The molecule has 1 unspecified atom stereocenters. The molecule has 2 aromatic rings. The summed E-state index contributed by atoms with van der Waals surface area (Å²) >= 11 is 11.6. The molecule has 1 aliphatic heterocycles. The molecule has 3 saturated carbocycles. The minimum Gasteiger partial charge on any atom is -0.484 e. The zero-order chi connectivity index (χ0) is 26.4. The molecular weight excluding hydrogens is 526 g/mol. The van der Waals surface area contributed by atoms with E-state index in [1.165, 1.54) is 18.2 Å². The highest BCUT2D eigenvalue weighted by Gasteiger charge is 2.55. The number of rotatable bonds is 6. The van der Waals surface area contributed by atoms with Crippen molar-refractivity contribution in [3.05, 3.63) is 57.8 Å². The average Bonchev–Trinajstić information content (AvgIpc) is 2.86. The maximum atomic E-state index is 13.6. The second-order valence-electron chi connectivity index (χ2n) is 9.93. The highest BCUT2D eigenvalue weighted by Crippen LogP contribution is 2.47. The minimum atomic E-state index is -0.976. The predicted octanol–water partition coefficient (Wildman–Crippen LogP) is 3.59. The number of Topliss-reactive ketones (excluding diaryl/α,β-unsaturated/α-hetero) is 1. The molecule has 2 bridgehead atoms. The summed E-state index contributed by atoms with van der Waals surface area (Å²) in [6.45, 7) is -0.350. The number of carbonyl (C=O) groups is 3. The van der Waals surface area contributed by atoms with E-state index in [0.29, 0.717) is 42.0 Å². The van der Waals surface area contributed by atoms with Crippen LogP contribution < -0.4 is 20.1 Å². The van der Waals surface area contributed by atoms with Crippen LogP contribution in [0.1, 0.15) is 48.9 Å². The second-order valence-corrected chi connectivity index (χ2v) is 10.8. The molecule has 2 aromatic carbocycles. The van der Waals surface area contributed by atoms with Gasteiger partial charge in [0.05, 0.1) is 28.6 Å². The first kappa shape index (κ1) is 25.8. The maximum absolute atomic E-state index is 13.6. The first-order valence-corrected chi connectivity index (χ1v) is 12.7. The van der Waals surface area contributed by atoms with Crippen LogP contribution in [0.5, 0.6) is 11.5 Å². The molecule has 3 N–H and O–H groups in total. The quantitative estimate of drug-likeness (QED) is 0.506. The summed E-state index contributed by atoms with van der Waals surface area (Å²) in [7, 11) is 0. The molecule has 0 spiro atoms. The van der Waals surface area contributed by atoms with Crippen molar-refractivity contribution in [2.24, 2.45) is 0 Å². The Labute approximate surface area is 222 Å². The number of benzene rings is 2. The lowest BCUT2D eigenvalue weighted by atomic mass is 9.59. The van der Waals surface area contributed by atoms with Gasteiger partial charge in [-0.2, -0.15) is 0 Å². The van der Waals surface area contributed by atoms with Gasteiger partial charge in [-0.1, -0.05) is 23.2 Å². The van der Waals surface area contributed by atoms with Crippen molar-refractivity contribution in [1.82, 2.24) is 10.6 Å². The van der Waals surface area contributed by atoms with Crippen molar-refractivity contribution in [2.45, 2.75) is 61.8 Å². The van der Waals surface area contributed by atoms with E-state index in [4.69, 9.17) is 32.7 Å². The van der Waals surface area contributed by atoms with Crippen LogP contribution in [-0.2, 0) is 9.59 Å².